The summed E-state index contributed by atoms with van der Waals surface area (Å²) < 4.78 is 5.91. The number of aryl methyl sites for hydroxylation is 1. The van der Waals surface area contributed by atoms with E-state index < -0.39 is 5.97 Å². The Hall–Kier alpha value is -1.58. The minimum atomic E-state index is -0.590. The van der Waals surface area contributed by atoms with Crippen LogP contribution in [0.5, 0.6) is 0 Å². The van der Waals surface area contributed by atoms with Gasteiger partial charge in [0.05, 0.1) is 7.11 Å². The molecular formula is C9H11NO3. The summed E-state index contributed by atoms with van der Waals surface area (Å²) in [5.41, 5.74) is -0.233. The van der Waals surface area contributed by atoms with Gasteiger partial charge in [-0.15, -0.1) is 0 Å². The maximum Gasteiger partial charge on any atom is 0.343 e. The second-order valence-electron chi connectivity index (χ2n) is 2.50. The van der Waals surface area contributed by atoms with Gasteiger partial charge in [0.15, 0.2) is 0 Å². The molecule has 0 saturated carbocycles. The van der Waals surface area contributed by atoms with E-state index in [-0.39, 0.29) is 11.1 Å². The van der Waals surface area contributed by atoms with Crippen molar-refractivity contribution in [2.45, 2.75) is 13.5 Å². The van der Waals surface area contributed by atoms with Gasteiger partial charge in [0, 0.05) is 12.7 Å². The maximum atomic E-state index is 11.5. The lowest BCUT2D eigenvalue weighted by Crippen LogP contribution is -2.25. The van der Waals surface area contributed by atoms with Crippen LogP contribution in [-0.2, 0) is 11.3 Å². The largest absolute Gasteiger partial charge is 0.465 e. The van der Waals surface area contributed by atoms with Gasteiger partial charge in [-0.05, 0) is 19.1 Å². The molecule has 0 bridgehead atoms. The lowest BCUT2D eigenvalue weighted by atomic mass is 10.3. The SMILES string of the molecule is CCn1cccc(C(=O)OC)c1=O. The van der Waals surface area contributed by atoms with Gasteiger partial charge in [0.25, 0.3) is 5.56 Å². The molecule has 0 N–H and O–H groups in total. The Morgan fingerprint density at radius 1 is 1.62 bits per heavy atom. The highest BCUT2D eigenvalue weighted by molar-refractivity contribution is 5.88. The van der Waals surface area contributed by atoms with Crippen molar-refractivity contribution >= 4 is 5.97 Å². The van der Waals surface area contributed by atoms with Gasteiger partial charge >= 0.3 is 5.97 Å². The van der Waals surface area contributed by atoms with E-state index in [4.69, 9.17) is 0 Å². The third-order valence-electron chi connectivity index (χ3n) is 1.77. The zero-order valence-electron chi connectivity index (χ0n) is 7.61. The third-order valence-corrected chi connectivity index (χ3v) is 1.77. The predicted molar refractivity (Wildman–Crippen MR) is 47.7 cm³/mol. The number of esters is 1. The number of ether oxygens (including phenoxy) is 1. The summed E-state index contributed by atoms with van der Waals surface area (Å²) in [6.07, 6.45) is 1.63. The van der Waals surface area contributed by atoms with Crippen LogP contribution >= 0.6 is 0 Å². The normalized spacial score (nSPS) is 9.69. The van der Waals surface area contributed by atoms with E-state index in [1.807, 2.05) is 6.92 Å². The number of hydrogen-bond donors (Lipinski definition) is 0. The molecule has 1 aromatic heterocycles. The molecule has 1 rings (SSSR count). The minimum Gasteiger partial charge on any atom is -0.465 e. The summed E-state index contributed by atoms with van der Waals surface area (Å²) in [6.45, 7) is 2.38. The summed E-state index contributed by atoms with van der Waals surface area (Å²) in [5, 5.41) is 0. The Balaban J connectivity index is 3.24. The minimum absolute atomic E-state index is 0.0758. The van der Waals surface area contributed by atoms with E-state index in [1.54, 1.807) is 12.3 Å². The summed E-state index contributed by atoms with van der Waals surface area (Å²) in [7, 11) is 1.26. The quantitative estimate of drug-likeness (QED) is 0.629. The zero-order valence-corrected chi connectivity index (χ0v) is 7.61. The van der Waals surface area contributed by atoms with Crippen molar-refractivity contribution in [2.24, 2.45) is 0 Å². The molecule has 4 nitrogen and oxygen atoms in total. The second kappa shape index (κ2) is 3.89. The number of rotatable bonds is 2. The van der Waals surface area contributed by atoms with Gasteiger partial charge in [-0.1, -0.05) is 0 Å². The van der Waals surface area contributed by atoms with Gasteiger partial charge in [0.1, 0.15) is 5.56 Å². The van der Waals surface area contributed by atoms with E-state index in [9.17, 15) is 9.59 Å². The Labute approximate surface area is 75.8 Å². The van der Waals surface area contributed by atoms with E-state index in [2.05, 4.69) is 4.74 Å². The summed E-state index contributed by atoms with van der Waals surface area (Å²) in [6, 6.07) is 3.11. The fraction of sp³-hybridized carbons (Fsp3) is 0.333. The standard InChI is InChI=1S/C9H11NO3/c1-3-10-6-4-5-7(8(10)11)9(12)13-2/h4-6H,3H2,1-2H3. The molecule has 0 saturated heterocycles. The van der Waals surface area contributed by atoms with Crippen molar-refractivity contribution in [1.29, 1.82) is 0 Å². The number of nitrogens with zero attached hydrogens (tertiary/aromatic N) is 1. The first-order valence-corrected chi connectivity index (χ1v) is 3.98. The van der Waals surface area contributed by atoms with Crippen molar-refractivity contribution in [3.05, 3.63) is 34.2 Å². The molecule has 0 amide bonds. The molecule has 13 heavy (non-hydrogen) atoms. The van der Waals surface area contributed by atoms with Crippen LogP contribution in [0, 0.1) is 0 Å². The number of hydrogen-bond acceptors (Lipinski definition) is 3. The van der Waals surface area contributed by atoms with Crippen molar-refractivity contribution in [1.82, 2.24) is 4.57 Å². The molecular weight excluding hydrogens is 170 g/mol. The molecule has 0 aromatic carbocycles. The summed E-state index contributed by atoms with van der Waals surface area (Å²) in [5.74, 6) is -0.590. The highest BCUT2D eigenvalue weighted by Gasteiger charge is 2.10. The van der Waals surface area contributed by atoms with Crippen molar-refractivity contribution in [3.8, 4) is 0 Å². The van der Waals surface area contributed by atoms with E-state index in [1.165, 1.54) is 17.7 Å². The Kier molecular flexibility index (Phi) is 2.84. The van der Waals surface area contributed by atoms with Crippen LogP contribution < -0.4 is 5.56 Å². The van der Waals surface area contributed by atoms with E-state index in [0.717, 1.165) is 0 Å². The molecule has 0 unspecified atom stereocenters. The first kappa shape index (κ1) is 9.51. The Bertz CT molecular complexity index is 367. The van der Waals surface area contributed by atoms with Crippen LogP contribution in [0.25, 0.3) is 0 Å². The summed E-state index contributed by atoms with van der Waals surface area (Å²) >= 11 is 0. The smallest absolute Gasteiger partial charge is 0.343 e. The maximum absolute atomic E-state index is 11.5. The molecule has 70 valence electrons. The van der Waals surface area contributed by atoms with Gasteiger partial charge in [-0.3, -0.25) is 4.79 Å². The van der Waals surface area contributed by atoms with Gasteiger partial charge in [-0.2, -0.15) is 0 Å². The number of aromatic nitrogens is 1. The highest BCUT2D eigenvalue weighted by Crippen LogP contribution is 1.94. The molecule has 0 radical (unpaired) electrons. The highest BCUT2D eigenvalue weighted by atomic mass is 16.5. The molecule has 0 spiro atoms. The van der Waals surface area contributed by atoms with Crippen LogP contribution in [0.3, 0.4) is 0 Å². The first-order chi connectivity index (χ1) is 6.20. The number of pyridine rings is 1. The second-order valence-corrected chi connectivity index (χ2v) is 2.50. The molecule has 0 aliphatic heterocycles. The van der Waals surface area contributed by atoms with Crippen LogP contribution in [-0.4, -0.2) is 17.6 Å². The average molecular weight is 181 g/mol. The van der Waals surface area contributed by atoms with Crippen LogP contribution in [0.2, 0.25) is 0 Å². The third kappa shape index (κ3) is 1.77. The number of carbonyl (C=O) groups is 1. The lowest BCUT2D eigenvalue weighted by Gasteiger charge is -2.02. The van der Waals surface area contributed by atoms with Crippen molar-refractivity contribution in [3.63, 3.8) is 0 Å². The molecule has 0 aliphatic rings. The van der Waals surface area contributed by atoms with Crippen LogP contribution in [0.4, 0.5) is 0 Å². The van der Waals surface area contributed by atoms with Crippen molar-refractivity contribution < 1.29 is 9.53 Å². The first-order valence-electron chi connectivity index (χ1n) is 3.98. The average Bonchev–Trinajstić information content (AvgIpc) is 2.17. The Morgan fingerprint density at radius 3 is 2.85 bits per heavy atom. The fourth-order valence-electron chi connectivity index (χ4n) is 1.05. The van der Waals surface area contributed by atoms with Gasteiger partial charge in [0.2, 0.25) is 0 Å². The molecule has 1 aromatic rings. The zero-order chi connectivity index (χ0) is 9.84. The Morgan fingerprint density at radius 2 is 2.31 bits per heavy atom. The monoisotopic (exact) mass is 181 g/mol. The van der Waals surface area contributed by atoms with E-state index in [0.29, 0.717) is 6.54 Å². The fourth-order valence-corrected chi connectivity index (χ4v) is 1.05. The topological polar surface area (TPSA) is 48.3 Å². The van der Waals surface area contributed by atoms with Crippen LogP contribution in [0.1, 0.15) is 17.3 Å². The van der Waals surface area contributed by atoms with Crippen LogP contribution in [0.15, 0.2) is 23.1 Å². The molecule has 4 heteroatoms. The van der Waals surface area contributed by atoms with E-state index >= 15 is 0 Å². The summed E-state index contributed by atoms with van der Waals surface area (Å²) in [4.78, 5) is 22.5. The molecule has 1 heterocycles. The number of methoxy groups -OCH3 is 1. The molecule has 0 atom stereocenters. The predicted octanol–water partition coefficient (Wildman–Crippen LogP) is 0.655. The van der Waals surface area contributed by atoms with Gasteiger partial charge < -0.3 is 9.30 Å². The van der Waals surface area contributed by atoms with Crippen molar-refractivity contribution in [2.75, 3.05) is 7.11 Å². The number of carbonyl (C=O) groups excluding carboxylic acids is 1. The van der Waals surface area contributed by atoms with Gasteiger partial charge in [-0.25, -0.2) is 4.79 Å². The molecule has 0 fully saturated rings. The molecule has 0 aliphatic carbocycles. The lowest BCUT2D eigenvalue weighted by molar-refractivity contribution is 0.0598.